The van der Waals surface area contributed by atoms with Crippen molar-refractivity contribution in [2.75, 3.05) is 17.6 Å². The van der Waals surface area contributed by atoms with E-state index >= 15 is 0 Å². The maximum Gasteiger partial charge on any atom is 0.243 e. The maximum absolute atomic E-state index is 11.9. The Kier molecular flexibility index (Phi) is 6.87. The van der Waals surface area contributed by atoms with Crippen molar-refractivity contribution in [1.82, 2.24) is 5.32 Å². The van der Waals surface area contributed by atoms with E-state index in [-0.39, 0.29) is 24.1 Å². The van der Waals surface area contributed by atoms with Crippen LogP contribution in [0.4, 0.5) is 5.69 Å². The Morgan fingerprint density at radius 1 is 1.08 bits per heavy atom. The third kappa shape index (κ3) is 5.69. The minimum Gasteiger partial charge on any atom is -0.346 e. The second kappa shape index (κ2) is 8.89. The number of thioether (sulfide) groups is 1. The van der Waals surface area contributed by atoms with Crippen LogP contribution in [0.5, 0.6) is 0 Å². The van der Waals surface area contributed by atoms with E-state index in [1.54, 1.807) is 6.07 Å². The fourth-order valence-electron chi connectivity index (χ4n) is 1.99. The van der Waals surface area contributed by atoms with E-state index in [4.69, 9.17) is 0 Å². The number of benzene rings is 2. The molecule has 126 valence electrons. The summed E-state index contributed by atoms with van der Waals surface area (Å²) in [4.78, 5) is 24.9. The van der Waals surface area contributed by atoms with Gasteiger partial charge in [0, 0.05) is 9.37 Å². The molecule has 0 unspecified atom stereocenters. The number of para-hydroxylation sites is 1. The number of aryl methyl sites for hydroxylation is 2. The number of amides is 2. The average Bonchev–Trinajstić information content (AvgIpc) is 2.56. The molecule has 2 aromatic rings. The van der Waals surface area contributed by atoms with Gasteiger partial charge in [-0.1, -0.05) is 29.8 Å². The molecule has 0 aliphatic heterocycles. The number of hydrogen-bond acceptors (Lipinski definition) is 3. The van der Waals surface area contributed by atoms with E-state index in [2.05, 4.69) is 32.6 Å². The van der Waals surface area contributed by atoms with Crippen LogP contribution in [0.15, 0.2) is 51.8 Å². The predicted molar refractivity (Wildman–Crippen MR) is 102 cm³/mol. The molecule has 6 heteroatoms. The molecule has 2 aromatic carbocycles. The van der Waals surface area contributed by atoms with Crippen molar-refractivity contribution < 1.29 is 9.59 Å². The van der Waals surface area contributed by atoms with Crippen molar-refractivity contribution in [2.24, 2.45) is 0 Å². The molecule has 0 heterocycles. The lowest BCUT2D eigenvalue weighted by atomic mass is 10.2. The Morgan fingerprint density at radius 2 is 1.83 bits per heavy atom. The number of anilines is 1. The first-order chi connectivity index (χ1) is 11.5. The van der Waals surface area contributed by atoms with Gasteiger partial charge in [0.1, 0.15) is 0 Å². The summed E-state index contributed by atoms with van der Waals surface area (Å²) in [6.45, 7) is 3.99. The van der Waals surface area contributed by atoms with Crippen molar-refractivity contribution in [2.45, 2.75) is 18.7 Å². The molecule has 0 saturated carbocycles. The van der Waals surface area contributed by atoms with Gasteiger partial charge in [-0.2, -0.15) is 0 Å². The van der Waals surface area contributed by atoms with Crippen LogP contribution < -0.4 is 10.6 Å². The van der Waals surface area contributed by atoms with Crippen LogP contribution in [0.25, 0.3) is 0 Å². The number of hydrogen-bond donors (Lipinski definition) is 2. The third-order valence-corrected chi connectivity index (χ3v) is 5.15. The monoisotopic (exact) mass is 406 g/mol. The van der Waals surface area contributed by atoms with E-state index in [1.165, 1.54) is 11.8 Å². The third-order valence-electron chi connectivity index (χ3n) is 3.30. The largest absolute Gasteiger partial charge is 0.346 e. The van der Waals surface area contributed by atoms with Gasteiger partial charge in [-0.3, -0.25) is 9.59 Å². The summed E-state index contributed by atoms with van der Waals surface area (Å²) in [5, 5.41) is 5.39. The zero-order chi connectivity index (χ0) is 17.5. The first-order valence-corrected chi connectivity index (χ1v) is 9.24. The molecular weight excluding hydrogens is 388 g/mol. The minimum atomic E-state index is -0.257. The summed E-state index contributed by atoms with van der Waals surface area (Å²) < 4.78 is 0.801. The molecule has 0 aromatic heterocycles. The molecule has 2 rings (SSSR count). The van der Waals surface area contributed by atoms with Gasteiger partial charge in [0.2, 0.25) is 11.8 Å². The number of halogens is 1. The Balaban J connectivity index is 1.77. The summed E-state index contributed by atoms with van der Waals surface area (Å²) in [5.74, 6) is -0.137. The molecule has 0 fully saturated rings. The topological polar surface area (TPSA) is 58.2 Å². The minimum absolute atomic E-state index is 0.0481. The molecule has 24 heavy (non-hydrogen) atoms. The fourth-order valence-corrected chi connectivity index (χ4v) is 3.33. The first kappa shape index (κ1) is 18.5. The second-order valence-corrected chi connectivity index (χ2v) is 7.23. The Morgan fingerprint density at radius 3 is 2.58 bits per heavy atom. The molecule has 0 radical (unpaired) electrons. The highest BCUT2D eigenvalue weighted by Crippen LogP contribution is 2.23. The van der Waals surface area contributed by atoms with Gasteiger partial charge in [0.25, 0.3) is 0 Å². The number of carbonyl (C=O) groups excluding carboxylic acids is 2. The van der Waals surface area contributed by atoms with E-state index in [1.807, 2.05) is 44.2 Å². The molecule has 0 aliphatic rings. The van der Waals surface area contributed by atoms with Crippen molar-refractivity contribution in [1.29, 1.82) is 0 Å². The van der Waals surface area contributed by atoms with Crippen LogP contribution in [0, 0.1) is 13.8 Å². The second-order valence-electron chi connectivity index (χ2n) is 5.36. The molecule has 4 nitrogen and oxygen atoms in total. The molecule has 0 aliphatic carbocycles. The smallest absolute Gasteiger partial charge is 0.243 e. The van der Waals surface area contributed by atoms with Gasteiger partial charge in [0.05, 0.1) is 18.0 Å². The number of nitrogens with one attached hydrogen (secondary N) is 2. The summed E-state index contributed by atoms with van der Waals surface area (Å²) in [5.41, 5.74) is 2.99. The van der Waals surface area contributed by atoms with Crippen LogP contribution in [-0.2, 0) is 9.59 Å². The van der Waals surface area contributed by atoms with Gasteiger partial charge < -0.3 is 10.6 Å². The van der Waals surface area contributed by atoms with Gasteiger partial charge in [-0.05, 0) is 53.5 Å². The predicted octanol–water partition coefficient (Wildman–Crippen LogP) is 3.91. The lowest BCUT2D eigenvalue weighted by molar-refractivity contribution is -0.122. The van der Waals surface area contributed by atoms with Crippen molar-refractivity contribution in [3.8, 4) is 0 Å². The maximum atomic E-state index is 11.9. The zero-order valence-electron chi connectivity index (χ0n) is 13.6. The van der Waals surface area contributed by atoms with Crippen LogP contribution in [0.1, 0.15) is 11.1 Å². The van der Waals surface area contributed by atoms with Gasteiger partial charge in [0.15, 0.2) is 0 Å². The van der Waals surface area contributed by atoms with Gasteiger partial charge >= 0.3 is 0 Å². The molecular formula is C18H19BrN2O2S. The quantitative estimate of drug-likeness (QED) is 0.714. The van der Waals surface area contributed by atoms with Crippen LogP contribution in [0.2, 0.25) is 0 Å². The Labute approximate surface area is 154 Å². The summed E-state index contributed by atoms with van der Waals surface area (Å²) in [6, 6.07) is 13.5. The van der Waals surface area contributed by atoms with Gasteiger partial charge in [-0.15, -0.1) is 11.8 Å². The summed E-state index contributed by atoms with van der Waals surface area (Å²) in [7, 11) is 0. The van der Waals surface area contributed by atoms with Crippen molar-refractivity contribution in [3.63, 3.8) is 0 Å². The number of carbonyl (C=O) groups is 2. The molecule has 2 amide bonds. The Bertz CT molecular complexity index is 750. The Hall–Kier alpha value is -1.79. The molecule has 0 saturated heterocycles. The van der Waals surface area contributed by atoms with Crippen molar-refractivity contribution in [3.05, 3.63) is 58.1 Å². The first-order valence-electron chi connectivity index (χ1n) is 7.47. The lowest BCUT2D eigenvalue weighted by Crippen LogP contribution is -2.33. The highest BCUT2D eigenvalue weighted by molar-refractivity contribution is 9.10. The van der Waals surface area contributed by atoms with E-state index < -0.39 is 0 Å². The summed E-state index contributed by atoms with van der Waals surface area (Å²) in [6.07, 6.45) is 0. The standard InChI is InChI=1S/C18H19BrN2O2S/c1-12-7-8-13(2)16(9-12)24-11-18(23)20-10-17(22)21-15-6-4-3-5-14(15)19/h3-9H,10-11H2,1-2H3,(H,20,23)(H,21,22). The molecule has 2 N–H and O–H groups in total. The van der Waals surface area contributed by atoms with Crippen LogP contribution >= 0.6 is 27.7 Å². The van der Waals surface area contributed by atoms with Gasteiger partial charge in [-0.25, -0.2) is 0 Å². The highest BCUT2D eigenvalue weighted by atomic mass is 79.9. The van der Waals surface area contributed by atoms with E-state index in [9.17, 15) is 9.59 Å². The zero-order valence-corrected chi connectivity index (χ0v) is 16.0. The SMILES string of the molecule is Cc1ccc(C)c(SCC(=O)NCC(=O)Nc2ccccc2Br)c1. The normalized spacial score (nSPS) is 10.3. The van der Waals surface area contributed by atoms with E-state index in [0.29, 0.717) is 5.69 Å². The molecule has 0 spiro atoms. The molecule has 0 bridgehead atoms. The highest BCUT2D eigenvalue weighted by Gasteiger charge is 2.09. The van der Waals surface area contributed by atoms with Crippen LogP contribution in [-0.4, -0.2) is 24.1 Å². The van der Waals surface area contributed by atoms with Crippen LogP contribution in [0.3, 0.4) is 0 Å². The lowest BCUT2D eigenvalue weighted by Gasteiger charge is -2.09. The van der Waals surface area contributed by atoms with Crippen molar-refractivity contribution >= 4 is 45.2 Å². The van der Waals surface area contributed by atoms with E-state index in [0.717, 1.165) is 20.5 Å². The average molecular weight is 407 g/mol. The summed E-state index contributed by atoms with van der Waals surface area (Å²) >= 11 is 4.84. The fraction of sp³-hybridized carbons (Fsp3) is 0.222. The number of rotatable bonds is 6. The molecule has 0 atom stereocenters.